The lowest BCUT2D eigenvalue weighted by atomic mass is 10.0. The Kier molecular flexibility index (Phi) is 6.78. The van der Waals surface area contributed by atoms with Gasteiger partial charge in [0.2, 0.25) is 5.95 Å². The third-order valence-electron chi connectivity index (χ3n) is 5.48. The monoisotopic (exact) mass is 465 g/mol. The molecule has 2 aromatic carbocycles. The molecule has 1 saturated heterocycles. The maximum Gasteiger partial charge on any atom is 0.271 e. The van der Waals surface area contributed by atoms with E-state index in [9.17, 15) is 19.3 Å². The second kappa shape index (κ2) is 9.92. The van der Waals surface area contributed by atoms with Crippen LogP contribution in [0.5, 0.6) is 0 Å². The third-order valence-corrected chi connectivity index (χ3v) is 5.48. The first-order chi connectivity index (χ1) is 16.4. The highest BCUT2D eigenvalue weighted by Gasteiger charge is 2.28. The summed E-state index contributed by atoms with van der Waals surface area (Å²) in [5.74, 6) is -0.624. The molecule has 4 rings (SSSR count). The normalized spacial score (nSPS) is 13.7. The lowest BCUT2D eigenvalue weighted by Gasteiger charge is -2.29. The highest BCUT2D eigenvalue weighted by Crippen LogP contribution is 2.30. The SMILES string of the molecule is CC(C)N(C(=O)c1cnc(N2CCOCC2)nc1-c1ccccc1F)c1cccc([N+](=O)[O-])c1. The lowest BCUT2D eigenvalue weighted by Crippen LogP contribution is -2.39. The molecule has 0 aliphatic carbocycles. The van der Waals surface area contributed by atoms with Gasteiger partial charge in [-0.05, 0) is 32.0 Å². The van der Waals surface area contributed by atoms with Crippen LogP contribution in [0.15, 0.2) is 54.7 Å². The Labute approximate surface area is 196 Å². The Hall–Kier alpha value is -3.92. The minimum absolute atomic E-state index is 0.0994. The van der Waals surface area contributed by atoms with E-state index >= 15 is 0 Å². The van der Waals surface area contributed by atoms with E-state index in [1.807, 2.05) is 4.90 Å². The minimum Gasteiger partial charge on any atom is -0.378 e. The van der Waals surface area contributed by atoms with Crippen molar-refractivity contribution in [3.63, 3.8) is 0 Å². The minimum atomic E-state index is -0.519. The van der Waals surface area contributed by atoms with Crippen molar-refractivity contribution in [2.75, 3.05) is 36.1 Å². The zero-order valence-corrected chi connectivity index (χ0v) is 18.8. The van der Waals surface area contributed by atoms with Crippen molar-refractivity contribution >= 4 is 23.2 Å². The van der Waals surface area contributed by atoms with E-state index in [2.05, 4.69) is 9.97 Å². The van der Waals surface area contributed by atoms with Gasteiger partial charge in [-0.25, -0.2) is 14.4 Å². The Morgan fingerprint density at radius 3 is 2.59 bits per heavy atom. The molecule has 1 amide bonds. The number of morpholine rings is 1. The lowest BCUT2D eigenvalue weighted by molar-refractivity contribution is -0.384. The summed E-state index contributed by atoms with van der Waals surface area (Å²) < 4.78 is 20.2. The molecule has 176 valence electrons. The van der Waals surface area contributed by atoms with Gasteiger partial charge in [-0.3, -0.25) is 14.9 Å². The number of benzene rings is 2. The molecule has 1 aromatic heterocycles. The van der Waals surface area contributed by atoms with Crippen LogP contribution in [0.4, 0.5) is 21.7 Å². The fourth-order valence-electron chi connectivity index (χ4n) is 3.84. The highest BCUT2D eigenvalue weighted by molar-refractivity contribution is 6.10. The van der Waals surface area contributed by atoms with Gasteiger partial charge >= 0.3 is 0 Å². The number of rotatable bonds is 6. The highest BCUT2D eigenvalue weighted by atomic mass is 19.1. The molecule has 1 fully saturated rings. The zero-order chi connectivity index (χ0) is 24.2. The molecule has 9 nitrogen and oxygen atoms in total. The third kappa shape index (κ3) is 4.72. The fraction of sp³-hybridized carbons (Fsp3) is 0.292. The number of ether oxygens (including phenoxy) is 1. The number of nitro benzene ring substituents is 1. The number of nitro groups is 1. The van der Waals surface area contributed by atoms with E-state index in [1.54, 1.807) is 38.1 Å². The molecule has 0 spiro atoms. The summed E-state index contributed by atoms with van der Waals surface area (Å²) in [6.07, 6.45) is 1.40. The van der Waals surface area contributed by atoms with Crippen LogP contribution in [0.1, 0.15) is 24.2 Å². The maximum atomic E-state index is 14.8. The van der Waals surface area contributed by atoms with E-state index in [-0.39, 0.29) is 28.6 Å². The fourth-order valence-corrected chi connectivity index (χ4v) is 3.84. The largest absolute Gasteiger partial charge is 0.378 e. The van der Waals surface area contributed by atoms with Gasteiger partial charge in [0.25, 0.3) is 11.6 Å². The molecular formula is C24H24FN5O4. The molecule has 0 saturated carbocycles. The quantitative estimate of drug-likeness (QED) is 0.399. The Morgan fingerprint density at radius 1 is 1.18 bits per heavy atom. The average molecular weight is 465 g/mol. The number of anilines is 2. The maximum absolute atomic E-state index is 14.8. The van der Waals surface area contributed by atoms with Crippen molar-refractivity contribution in [3.05, 3.63) is 76.2 Å². The summed E-state index contributed by atoms with van der Waals surface area (Å²) in [7, 11) is 0. The van der Waals surface area contributed by atoms with Crippen molar-refractivity contribution in [2.24, 2.45) is 0 Å². The van der Waals surface area contributed by atoms with Crippen molar-refractivity contribution in [1.29, 1.82) is 0 Å². The zero-order valence-electron chi connectivity index (χ0n) is 18.8. The number of aromatic nitrogens is 2. The predicted molar refractivity (Wildman–Crippen MR) is 125 cm³/mol. The van der Waals surface area contributed by atoms with Gasteiger partial charge in [0.05, 0.1) is 35.1 Å². The van der Waals surface area contributed by atoms with Gasteiger partial charge in [0.15, 0.2) is 0 Å². The van der Waals surface area contributed by atoms with Crippen LogP contribution in [-0.4, -0.2) is 53.1 Å². The van der Waals surface area contributed by atoms with Gasteiger partial charge in [-0.15, -0.1) is 0 Å². The number of halogens is 1. The van der Waals surface area contributed by atoms with Crippen LogP contribution in [0.3, 0.4) is 0 Å². The Balaban J connectivity index is 1.83. The first-order valence-corrected chi connectivity index (χ1v) is 10.9. The summed E-state index contributed by atoms with van der Waals surface area (Å²) in [5, 5.41) is 11.3. The predicted octanol–water partition coefficient (Wildman–Crippen LogP) is 4.08. The number of hydrogen-bond donors (Lipinski definition) is 0. The average Bonchev–Trinajstić information content (AvgIpc) is 2.84. The van der Waals surface area contributed by atoms with Crippen molar-refractivity contribution in [2.45, 2.75) is 19.9 Å². The second-order valence-electron chi connectivity index (χ2n) is 8.06. The summed E-state index contributed by atoms with van der Waals surface area (Å²) >= 11 is 0. The van der Waals surface area contributed by atoms with Crippen LogP contribution in [0.25, 0.3) is 11.3 Å². The van der Waals surface area contributed by atoms with E-state index in [1.165, 1.54) is 35.4 Å². The van der Waals surface area contributed by atoms with Crippen LogP contribution in [0.2, 0.25) is 0 Å². The van der Waals surface area contributed by atoms with Crippen molar-refractivity contribution < 1.29 is 18.8 Å². The first-order valence-electron chi connectivity index (χ1n) is 10.9. The van der Waals surface area contributed by atoms with Crippen LogP contribution >= 0.6 is 0 Å². The van der Waals surface area contributed by atoms with Gasteiger partial charge in [-0.1, -0.05) is 18.2 Å². The van der Waals surface area contributed by atoms with E-state index in [0.29, 0.717) is 37.9 Å². The number of hydrogen-bond acceptors (Lipinski definition) is 7. The Bertz CT molecular complexity index is 1210. The van der Waals surface area contributed by atoms with E-state index in [4.69, 9.17) is 4.74 Å². The molecule has 10 heteroatoms. The standard InChI is InChI=1S/C24H24FN5O4/c1-16(2)29(17-6-5-7-18(14-17)30(32)33)23(31)20-15-26-24(28-10-12-34-13-11-28)27-22(20)19-8-3-4-9-21(19)25/h3-9,14-16H,10-13H2,1-2H3. The van der Waals surface area contributed by atoms with Crippen LogP contribution in [0, 0.1) is 15.9 Å². The number of non-ortho nitro benzene ring substituents is 1. The van der Waals surface area contributed by atoms with E-state index < -0.39 is 16.6 Å². The number of carbonyl (C=O) groups is 1. The number of carbonyl (C=O) groups excluding carboxylic acids is 1. The van der Waals surface area contributed by atoms with Crippen molar-refractivity contribution in [3.8, 4) is 11.3 Å². The molecule has 0 bridgehead atoms. The molecule has 0 N–H and O–H groups in total. The molecule has 3 aromatic rings. The van der Waals surface area contributed by atoms with Gasteiger partial charge < -0.3 is 14.5 Å². The smallest absolute Gasteiger partial charge is 0.271 e. The molecular weight excluding hydrogens is 441 g/mol. The molecule has 0 atom stereocenters. The van der Waals surface area contributed by atoms with Gasteiger partial charge in [0, 0.05) is 43.0 Å². The summed E-state index contributed by atoms with van der Waals surface area (Å²) in [6.45, 7) is 5.79. The molecule has 1 aliphatic heterocycles. The summed E-state index contributed by atoms with van der Waals surface area (Å²) in [6, 6.07) is 11.6. The van der Waals surface area contributed by atoms with Gasteiger partial charge in [0.1, 0.15) is 5.82 Å². The molecule has 0 radical (unpaired) electrons. The van der Waals surface area contributed by atoms with E-state index in [0.717, 1.165) is 0 Å². The first kappa shape index (κ1) is 23.2. The number of amides is 1. The molecule has 2 heterocycles. The molecule has 0 unspecified atom stereocenters. The summed E-state index contributed by atoms with van der Waals surface area (Å²) in [4.78, 5) is 36.9. The topological polar surface area (TPSA) is 102 Å². The summed E-state index contributed by atoms with van der Waals surface area (Å²) in [5.41, 5.74) is 0.652. The molecule has 34 heavy (non-hydrogen) atoms. The van der Waals surface area contributed by atoms with Crippen LogP contribution < -0.4 is 9.80 Å². The Morgan fingerprint density at radius 2 is 1.91 bits per heavy atom. The second-order valence-corrected chi connectivity index (χ2v) is 8.06. The van der Waals surface area contributed by atoms with Gasteiger partial charge in [-0.2, -0.15) is 0 Å². The van der Waals surface area contributed by atoms with Crippen LogP contribution in [-0.2, 0) is 4.74 Å². The number of nitrogens with zero attached hydrogens (tertiary/aromatic N) is 5. The molecule has 1 aliphatic rings. The van der Waals surface area contributed by atoms with Crippen molar-refractivity contribution in [1.82, 2.24) is 9.97 Å².